The summed E-state index contributed by atoms with van der Waals surface area (Å²) in [7, 11) is 0. The molecule has 0 bridgehead atoms. The molecule has 0 aromatic heterocycles. The van der Waals surface area contributed by atoms with E-state index in [1.165, 1.54) is 12.8 Å². The van der Waals surface area contributed by atoms with Crippen molar-refractivity contribution < 1.29 is 14.3 Å². The zero-order valence-electron chi connectivity index (χ0n) is 17.8. The van der Waals surface area contributed by atoms with Gasteiger partial charge >= 0.3 is 6.09 Å². The second-order valence-corrected chi connectivity index (χ2v) is 9.61. The van der Waals surface area contributed by atoms with Crippen LogP contribution in [0.25, 0.3) is 0 Å². The van der Waals surface area contributed by atoms with E-state index in [-0.39, 0.29) is 17.9 Å². The van der Waals surface area contributed by atoms with E-state index in [0.29, 0.717) is 48.9 Å². The fraction of sp³-hybridized carbons (Fsp3) is 0.850. The second kappa shape index (κ2) is 9.76. The fourth-order valence-corrected chi connectivity index (χ4v) is 4.06. The Labute approximate surface area is 174 Å². The number of hydrazine groups is 1. The van der Waals surface area contributed by atoms with Gasteiger partial charge in [-0.3, -0.25) is 15.6 Å². The van der Waals surface area contributed by atoms with Crippen molar-refractivity contribution in [2.45, 2.75) is 78.4 Å². The number of amides is 2. The van der Waals surface area contributed by atoms with Crippen molar-refractivity contribution in [3.05, 3.63) is 0 Å². The Kier molecular flexibility index (Phi) is 7.92. The van der Waals surface area contributed by atoms with Crippen LogP contribution in [0.2, 0.25) is 0 Å². The van der Waals surface area contributed by atoms with Crippen LogP contribution < -0.4 is 16.2 Å². The molecule has 0 radical (unpaired) electrons. The highest BCUT2D eigenvalue weighted by Crippen LogP contribution is 2.29. The van der Waals surface area contributed by atoms with Crippen LogP contribution in [0.1, 0.15) is 66.7 Å². The van der Waals surface area contributed by atoms with Gasteiger partial charge in [0.05, 0.1) is 0 Å². The Bertz CT molecular complexity index is 570. The molecular formula is C20H36N4O3S. The average molecular weight is 413 g/mol. The van der Waals surface area contributed by atoms with Gasteiger partial charge < -0.3 is 15.0 Å². The van der Waals surface area contributed by atoms with E-state index in [1.54, 1.807) is 4.90 Å². The molecule has 3 N–H and O–H groups in total. The van der Waals surface area contributed by atoms with E-state index >= 15 is 0 Å². The third-order valence-electron chi connectivity index (χ3n) is 5.84. The number of likely N-dealkylation sites (tertiary alicyclic amines) is 1. The highest BCUT2D eigenvalue weighted by molar-refractivity contribution is 7.80. The molecule has 2 rings (SSSR count). The normalized spacial score (nSPS) is 26.3. The minimum absolute atomic E-state index is 0.0851. The van der Waals surface area contributed by atoms with Gasteiger partial charge in [-0.25, -0.2) is 4.79 Å². The van der Waals surface area contributed by atoms with Crippen LogP contribution in [0.15, 0.2) is 0 Å². The van der Waals surface area contributed by atoms with Crippen LogP contribution in [0.4, 0.5) is 4.79 Å². The van der Waals surface area contributed by atoms with E-state index < -0.39 is 5.60 Å². The van der Waals surface area contributed by atoms with Gasteiger partial charge in [-0.1, -0.05) is 26.7 Å². The molecule has 1 saturated carbocycles. The predicted molar refractivity (Wildman–Crippen MR) is 114 cm³/mol. The van der Waals surface area contributed by atoms with Crippen molar-refractivity contribution in [2.24, 2.45) is 17.8 Å². The first-order chi connectivity index (χ1) is 13.1. The molecular weight excluding hydrogens is 376 g/mol. The lowest BCUT2D eigenvalue weighted by molar-refractivity contribution is -0.127. The molecule has 0 spiro atoms. The molecule has 0 aromatic rings. The summed E-state index contributed by atoms with van der Waals surface area (Å²) in [6.45, 7) is 11.1. The van der Waals surface area contributed by atoms with Crippen LogP contribution in [-0.2, 0) is 9.53 Å². The maximum absolute atomic E-state index is 12.4. The third-order valence-corrected chi connectivity index (χ3v) is 6.06. The number of carbonyl (C=O) groups excluding carboxylic acids is 2. The van der Waals surface area contributed by atoms with Gasteiger partial charge in [-0.15, -0.1) is 0 Å². The van der Waals surface area contributed by atoms with Crippen LogP contribution >= 0.6 is 12.2 Å². The van der Waals surface area contributed by atoms with Crippen molar-refractivity contribution in [3.63, 3.8) is 0 Å². The molecule has 2 aliphatic rings. The van der Waals surface area contributed by atoms with Crippen LogP contribution in [0.5, 0.6) is 0 Å². The fourth-order valence-electron chi connectivity index (χ4n) is 3.86. The standard InChI is InChI=1S/C20H36N4O3S/c1-13-7-6-8-16(14(13)2)21-18(28)23-22-17(25)15-9-11-24(12-10-15)19(26)27-20(3,4)5/h13-16H,6-12H2,1-5H3,(H,22,25)(H2,21,23,28)/t13-,14-,16+/m1/s1. The molecule has 1 aliphatic carbocycles. The average Bonchev–Trinajstić information content (AvgIpc) is 2.62. The minimum Gasteiger partial charge on any atom is -0.444 e. The Morgan fingerprint density at radius 2 is 1.68 bits per heavy atom. The molecule has 1 aliphatic heterocycles. The Morgan fingerprint density at radius 3 is 2.29 bits per heavy atom. The molecule has 160 valence electrons. The second-order valence-electron chi connectivity index (χ2n) is 9.20. The minimum atomic E-state index is -0.508. The van der Waals surface area contributed by atoms with E-state index in [2.05, 4.69) is 30.0 Å². The topological polar surface area (TPSA) is 82.7 Å². The Balaban J connectivity index is 1.70. The van der Waals surface area contributed by atoms with Crippen molar-refractivity contribution in [2.75, 3.05) is 13.1 Å². The summed E-state index contributed by atoms with van der Waals surface area (Å²) in [6.07, 6.45) is 4.48. The number of nitrogens with one attached hydrogen (secondary N) is 3. The summed E-state index contributed by atoms with van der Waals surface area (Å²) < 4.78 is 5.39. The number of hydrogen-bond acceptors (Lipinski definition) is 4. The van der Waals surface area contributed by atoms with Crippen molar-refractivity contribution >= 4 is 29.3 Å². The smallest absolute Gasteiger partial charge is 0.410 e. The van der Waals surface area contributed by atoms with Gasteiger partial charge in [-0.2, -0.15) is 0 Å². The lowest BCUT2D eigenvalue weighted by Gasteiger charge is -2.35. The monoisotopic (exact) mass is 412 g/mol. The van der Waals surface area contributed by atoms with Crippen LogP contribution in [-0.4, -0.2) is 46.7 Å². The van der Waals surface area contributed by atoms with Crippen LogP contribution in [0, 0.1) is 17.8 Å². The first-order valence-corrected chi connectivity index (χ1v) is 10.8. The van der Waals surface area contributed by atoms with Gasteiger partial charge in [-0.05, 0) is 64.1 Å². The highest BCUT2D eigenvalue weighted by atomic mass is 32.1. The summed E-state index contributed by atoms with van der Waals surface area (Å²) in [5.74, 6) is 1.01. The number of rotatable bonds is 2. The summed E-state index contributed by atoms with van der Waals surface area (Å²) in [5, 5.41) is 3.80. The maximum atomic E-state index is 12.4. The Morgan fingerprint density at radius 1 is 1.04 bits per heavy atom. The quantitative estimate of drug-likeness (QED) is 0.478. The van der Waals surface area contributed by atoms with Gasteiger partial charge in [0.2, 0.25) is 5.91 Å². The van der Waals surface area contributed by atoms with Gasteiger partial charge in [0, 0.05) is 25.0 Å². The molecule has 0 aromatic carbocycles. The molecule has 0 unspecified atom stereocenters. The molecule has 1 heterocycles. The molecule has 8 heteroatoms. The number of thiocarbonyl (C=S) groups is 1. The number of nitrogens with zero attached hydrogens (tertiary/aromatic N) is 1. The van der Waals surface area contributed by atoms with Crippen LogP contribution in [0.3, 0.4) is 0 Å². The van der Waals surface area contributed by atoms with Crippen molar-refractivity contribution in [1.29, 1.82) is 0 Å². The van der Waals surface area contributed by atoms with E-state index in [1.807, 2.05) is 20.8 Å². The number of carbonyl (C=O) groups is 2. The third kappa shape index (κ3) is 6.79. The number of piperidine rings is 1. The van der Waals surface area contributed by atoms with E-state index in [0.717, 1.165) is 6.42 Å². The summed E-state index contributed by atoms with van der Waals surface area (Å²) in [5.41, 5.74) is 5.06. The zero-order chi connectivity index (χ0) is 20.9. The number of ether oxygens (including phenoxy) is 1. The van der Waals surface area contributed by atoms with Gasteiger partial charge in [0.25, 0.3) is 0 Å². The van der Waals surface area contributed by atoms with Crippen molar-refractivity contribution in [1.82, 2.24) is 21.1 Å². The molecule has 7 nitrogen and oxygen atoms in total. The first kappa shape index (κ1) is 22.7. The van der Waals surface area contributed by atoms with E-state index in [9.17, 15) is 9.59 Å². The van der Waals surface area contributed by atoms with Gasteiger partial charge in [0.15, 0.2) is 5.11 Å². The first-order valence-electron chi connectivity index (χ1n) is 10.4. The highest BCUT2D eigenvalue weighted by Gasteiger charge is 2.30. The summed E-state index contributed by atoms with van der Waals surface area (Å²) in [6, 6.07) is 0.345. The molecule has 2 fully saturated rings. The molecule has 1 saturated heterocycles. The SMILES string of the molecule is C[C@@H]1[C@H](C)CCC[C@@H]1NC(=S)NNC(=O)C1CCN(C(=O)OC(C)(C)C)CC1. The summed E-state index contributed by atoms with van der Waals surface area (Å²) in [4.78, 5) is 26.2. The Hall–Kier alpha value is -1.57. The number of hydrogen-bond donors (Lipinski definition) is 3. The van der Waals surface area contributed by atoms with Crippen molar-refractivity contribution in [3.8, 4) is 0 Å². The predicted octanol–water partition coefficient (Wildman–Crippen LogP) is 2.95. The van der Waals surface area contributed by atoms with Gasteiger partial charge in [0.1, 0.15) is 5.60 Å². The zero-order valence-corrected chi connectivity index (χ0v) is 18.7. The lowest BCUT2D eigenvalue weighted by atomic mass is 9.78. The summed E-state index contributed by atoms with van der Waals surface area (Å²) >= 11 is 5.34. The molecule has 2 amide bonds. The molecule has 3 atom stereocenters. The largest absolute Gasteiger partial charge is 0.444 e. The van der Waals surface area contributed by atoms with E-state index in [4.69, 9.17) is 17.0 Å². The lowest BCUT2D eigenvalue weighted by Crippen LogP contribution is -2.54. The maximum Gasteiger partial charge on any atom is 0.410 e. The molecule has 28 heavy (non-hydrogen) atoms.